The average Bonchev–Trinajstić information content (AvgIpc) is 2.56. The maximum absolute atomic E-state index is 12.8. The molecule has 26 heavy (non-hydrogen) atoms. The lowest BCUT2D eigenvalue weighted by Crippen LogP contribution is -2.33. The van der Waals surface area contributed by atoms with Crippen molar-refractivity contribution < 1.29 is 13.2 Å². The first-order valence-corrected chi connectivity index (χ1v) is 9.75. The van der Waals surface area contributed by atoms with Crippen LogP contribution in [0.5, 0.6) is 0 Å². The number of amides is 1. The summed E-state index contributed by atoms with van der Waals surface area (Å²) in [5.74, 6) is -0.921. The Kier molecular flexibility index (Phi) is 4.55. The van der Waals surface area contributed by atoms with Crippen molar-refractivity contribution in [3.63, 3.8) is 0 Å². The fourth-order valence-electron chi connectivity index (χ4n) is 2.46. The number of benzene rings is 2. The molecule has 0 aliphatic rings. The predicted molar refractivity (Wildman–Crippen MR) is 99.4 cm³/mol. The Bertz CT molecular complexity index is 1200. The van der Waals surface area contributed by atoms with Gasteiger partial charge in [-0.15, -0.1) is 0 Å². The highest BCUT2D eigenvalue weighted by Crippen LogP contribution is 2.20. The van der Waals surface area contributed by atoms with Crippen LogP contribution < -0.4 is 10.3 Å². The Morgan fingerprint density at radius 3 is 2.42 bits per heavy atom. The number of nitrogens with one attached hydrogen (secondary N) is 1. The molecule has 0 aliphatic carbocycles. The van der Waals surface area contributed by atoms with Gasteiger partial charge in [-0.3, -0.25) is 9.59 Å². The summed E-state index contributed by atoms with van der Waals surface area (Å²) >= 11 is 6.12. The highest BCUT2D eigenvalue weighted by molar-refractivity contribution is 7.89. The van der Waals surface area contributed by atoms with E-state index in [2.05, 4.69) is 5.10 Å². The van der Waals surface area contributed by atoms with Crippen LogP contribution in [0.15, 0.2) is 47.3 Å². The smallest absolute Gasteiger partial charge is 0.267 e. The molecule has 0 radical (unpaired) electrons. The summed E-state index contributed by atoms with van der Waals surface area (Å²) in [5, 5.41) is 5.02. The van der Waals surface area contributed by atoms with Crippen LogP contribution in [-0.2, 0) is 10.0 Å². The van der Waals surface area contributed by atoms with Crippen LogP contribution in [-0.4, -0.2) is 30.4 Å². The predicted octanol–water partition coefficient (Wildman–Crippen LogP) is 2.04. The maximum atomic E-state index is 12.8. The van der Waals surface area contributed by atoms with Crippen LogP contribution in [0.1, 0.15) is 16.1 Å². The highest BCUT2D eigenvalue weighted by Gasteiger charge is 2.20. The first kappa shape index (κ1) is 18.1. The monoisotopic (exact) mass is 391 g/mol. The second kappa shape index (κ2) is 6.54. The molecule has 0 bridgehead atoms. The molecule has 3 rings (SSSR count). The molecule has 7 nitrogen and oxygen atoms in total. The highest BCUT2D eigenvalue weighted by atomic mass is 35.5. The van der Waals surface area contributed by atoms with Crippen molar-refractivity contribution in [2.45, 2.75) is 6.92 Å². The molecular weight excluding hydrogens is 378 g/mol. The Hall–Kier alpha value is -2.71. The zero-order chi connectivity index (χ0) is 19.1. The van der Waals surface area contributed by atoms with E-state index in [4.69, 9.17) is 11.6 Å². The Balaban J connectivity index is 2.31. The van der Waals surface area contributed by atoms with Crippen LogP contribution >= 0.6 is 11.6 Å². The van der Waals surface area contributed by atoms with E-state index in [1.165, 1.54) is 6.07 Å². The Labute approximate surface area is 154 Å². The molecule has 0 saturated carbocycles. The molecule has 0 aliphatic heterocycles. The maximum Gasteiger partial charge on any atom is 0.285 e. The van der Waals surface area contributed by atoms with E-state index < -0.39 is 21.5 Å². The van der Waals surface area contributed by atoms with Crippen molar-refractivity contribution in [1.82, 2.24) is 14.5 Å². The molecule has 1 N–H and O–H groups in total. The van der Waals surface area contributed by atoms with Crippen LogP contribution in [0.25, 0.3) is 16.5 Å². The standard InChI is InChI=1S/C17H14ClN3O4S/c1-10-7-8-11(9-14(10)18)21-17(23)13-6-4-3-5-12(13)15(19-21)16(22)20-26(2,24)25/h3-9H,1-2H3,(H,20,22). The van der Waals surface area contributed by atoms with Gasteiger partial charge in [-0.1, -0.05) is 35.9 Å². The molecule has 0 fully saturated rings. The summed E-state index contributed by atoms with van der Waals surface area (Å²) in [7, 11) is -3.79. The minimum absolute atomic E-state index is 0.178. The first-order chi connectivity index (χ1) is 12.2. The Morgan fingerprint density at radius 2 is 1.81 bits per heavy atom. The van der Waals surface area contributed by atoms with Crippen molar-refractivity contribution in [1.29, 1.82) is 0 Å². The van der Waals surface area contributed by atoms with E-state index in [0.29, 0.717) is 10.7 Å². The van der Waals surface area contributed by atoms with E-state index >= 15 is 0 Å². The number of hydrogen-bond acceptors (Lipinski definition) is 5. The first-order valence-electron chi connectivity index (χ1n) is 7.48. The van der Waals surface area contributed by atoms with E-state index in [1.54, 1.807) is 36.4 Å². The van der Waals surface area contributed by atoms with Crippen LogP contribution in [0.4, 0.5) is 0 Å². The zero-order valence-electron chi connectivity index (χ0n) is 13.9. The second-order valence-corrected chi connectivity index (χ2v) is 7.90. The quantitative estimate of drug-likeness (QED) is 0.736. The van der Waals surface area contributed by atoms with Gasteiger partial charge in [-0.2, -0.15) is 9.78 Å². The van der Waals surface area contributed by atoms with Crippen molar-refractivity contribution in [3.05, 3.63) is 69.1 Å². The molecule has 9 heteroatoms. The van der Waals surface area contributed by atoms with E-state index in [0.717, 1.165) is 16.5 Å². The SMILES string of the molecule is Cc1ccc(-n2nc(C(=O)NS(C)(=O)=O)c3ccccc3c2=O)cc1Cl. The Morgan fingerprint density at radius 1 is 1.15 bits per heavy atom. The van der Waals surface area contributed by atoms with Crippen LogP contribution in [0.2, 0.25) is 5.02 Å². The number of aryl methyl sites for hydroxylation is 1. The molecule has 1 aromatic heterocycles. The summed E-state index contributed by atoms with van der Waals surface area (Å²) in [6, 6.07) is 11.3. The summed E-state index contributed by atoms with van der Waals surface area (Å²) < 4.78 is 25.7. The topological polar surface area (TPSA) is 98.1 Å². The number of aromatic nitrogens is 2. The number of rotatable bonds is 3. The lowest BCUT2D eigenvalue weighted by molar-refractivity contribution is 0.0977. The van der Waals surface area contributed by atoms with Gasteiger partial charge in [0.2, 0.25) is 10.0 Å². The lowest BCUT2D eigenvalue weighted by Gasteiger charge is -2.11. The van der Waals surface area contributed by atoms with Gasteiger partial charge >= 0.3 is 0 Å². The number of nitrogens with zero attached hydrogens (tertiary/aromatic N) is 2. The van der Waals surface area contributed by atoms with E-state index in [-0.39, 0.29) is 16.5 Å². The van der Waals surface area contributed by atoms with Crippen molar-refractivity contribution in [2.75, 3.05) is 6.26 Å². The van der Waals surface area contributed by atoms with Gasteiger partial charge in [0, 0.05) is 10.4 Å². The third-order valence-corrected chi connectivity index (χ3v) is 4.66. The van der Waals surface area contributed by atoms with Gasteiger partial charge < -0.3 is 0 Å². The van der Waals surface area contributed by atoms with Crippen molar-refractivity contribution >= 4 is 38.3 Å². The zero-order valence-corrected chi connectivity index (χ0v) is 15.4. The van der Waals surface area contributed by atoms with Crippen molar-refractivity contribution in [3.8, 4) is 5.69 Å². The number of carbonyl (C=O) groups excluding carboxylic acids is 1. The van der Waals surface area contributed by atoms with Gasteiger partial charge in [0.1, 0.15) is 0 Å². The normalized spacial score (nSPS) is 11.5. The third kappa shape index (κ3) is 3.47. The fraction of sp³-hybridized carbons (Fsp3) is 0.118. The lowest BCUT2D eigenvalue weighted by atomic mass is 10.1. The van der Waals surface area contributed by atoms with Gasteiger partial charge in [-0.25, -0.2) is 13.1 Å². The number of carbonyl (C=O) groups is 1. The van der Waals surface area contributed by atoms with Gasteiger partial charge in [0.15, 0.2) is 5.69 Å². The molecule has 2 aromatic carbocycles. The summed E-state index contributed by atoms with van der Waals surface area (Å²) in [5.41, 5.74) is 0.558. The van der Waals surface area contributed by atoms with Gasteiger partial charge in [0.25, 0.3) is 11.5 Å². The summed E-state index contributed by atoms with van der Waals surface area (Å²) in [6.07, 6.45) is 0.864. The number of halogens is 1. The summed E-state index contributed by atoms with van der Waals surface area (Å²) in [6.45, 7) is 1.81. The summed E-state index contributed by atoms with van der Waals surface area (Å²) in [4.78, 5) is 25.2. The van der Waals surface area contributed by atoms with E-state index in [1.807, 2.05) is 11.6 Å². The van der Waals surface area contributed by atoms with Crippen molar-refractivity contribution in [2.24, 2.45) is 0 Å². The second-order valence-electron chi connectivity index (χ2n) is 5.75. The molecule has 0 unspecified atom stereocenters. The number of hydrogen-bond donors (Lipinski definition) is 1. The molecule has 0 atom stereocenters. The fourth-order valence-corrected chi connectivity index (χ4v) is 3.07. The molecule has 1 amide bonds. The minimum atomic E-state index is -3.79. The van der Waals surface area contributed by atoms with E-state index in [9.17, 15) is 18.0 Å². The van der Waals surface area contributed by atoms with Crippen LogP contribution in [0.3, 0.4) is 0 Å². The largest absolute Gasteiger partial charge is 0.285 e. The third-order valence-electron chi connectivity index (χ3n) is 3.70. The molecule has 0 spiro atoms. The minimum Gasteiger partial charge on any atom is -0.267 e. The molecule has 134 valence electrons. The molecule has 3 aromatic rings. The average molecular weight is 392 g/mol. The van der Waals surface area contributed by atoms with Gasteiger partial charge in [0.05, 0.1) is 17.3 Å². The molecule has 0 saturated heterocycles. The van der Waals surface area contributed by atoms with Crippen LogP contribution in [0, 0.1) is 6.92 Å². The molecule has 1 heterocycles. The number of fused-ring (bicyclic) bond motifs is 1. The number of sulfonamides is 1. The van der Waals surface area contributed by atoms with Gasteiger partial charge in [-0.05, 0) is 30.7 Å². The molecular formula is C17H14ClN3O4S.